The van der Waals surface area contributed by atoms with Crippen LogP contribution in [0.3, 0.4) is 0 Å². The average Bonchev–Trinajstić information content (AvgIpc) is 2.28. The Morgan fingerprint density at radius 1 is 1.36 bits per heavy atom. The second kappa shape index (κ2) is 3.14. The summed E-state index contributed by atoms with van der Waals surface area (Å²) >= 11 is 0. The highest BCUT2D eigenvalue weighted by molar-refractivity contribution is 5.75. The molecule has 2 heteroatoms. The largest absolute Gasteiger partial charge is 0.489 e. The van der Waals surface area contributed by atoms with Gasteiger partial charge in [-0.3, -0.25) is 0 Å². The molecule has 0 spiro atoms. The molecule has 1 aromatic rings. The third-order valence-electron chi connectivity index (χ3n) is 2.86. The van der Waals surface area contributed by atoms with Crippen LogP contribution in [-0.4, -0.2) is 19.7 Å². The van der Waals surface area contributed by atoms with Gasteiger partial charge in [-0.05, 0) is 30.2 Å². The minimum Gasteiger partial charge on any atom is -0.489 e. The van der Waals surface area contributed by atoms with Crippen molar-refractivity contribution in [3.63, 3.8) is 0 Å². The predicted octanol–water partition coefficient (Wildman–Crippen LogP) is 1.83. The molecule has 1 aromatic carbocycles. The Bertz CT molecular complexity index is 427. The minimum absolute atomic E-state index is 0.654. The standard InChI is InChI=1S/C12H13NO/c1-2-4-12-11(3-1)10-5-6-13-7-9(10)8-14-12/h1-4,13H,5-8H2/i/hD. The Balaban J connectivity index is 2.08. The normalized spacial score (nSPS) is 22.1. The van der Waals surface area contributed by atoms with Crippen LogP contribution < -0.4 is 10.0 Å². The van der Waals surface area contributed by atoms with Gasteiger partial charge in [0, 0.05) is 12.1 Å². The zero-order valence-electron chi connectivity index (χ0n) is 8.99. The van der Waals surface area contributed by atoms with E-state index in [1.165, 1.54) is 16.7 Å². The number of benzene rings is 1. The first-order chi connectivity index (χ1) is 7.34. The van der Waals surface area contributed by atoms with Crippen LogP contribution in [0.1, 0.15) is 12.0 Å². The number of ether oxygens (including phenoxy) is 1. The molecule has 14 heavy (non-hydrogen) atoms. The molecule has 0 saturated heterocycles. The SMILES string of the molecule is [2H]N1CCC2=C(COc3ccccc32)C1. The van der Waals surface area contributed by atoms with E-state index in [1.54, 1.807) is 5.31 Å². The van der Waals surface area contributed by atoms with Crippen molar-refractivity contribution in [2.45, 2.75) is 6.42 Å². The van der Waals surface area contributed by atoms with Crippen molar-refractivity contribution in [1.29, 1.82) is 0 Å². The number of nitrogens with one attached hydrogen (secondary N) is 1. The van der Waals surface area contributed by atoms with Gasteiger partial charge in [0.15, 0.2) is 0 Å². The summed E-state index contributed by atoms with van der Waals surface area (Å²) in [6, 6.07) is 8.19. The van der Waals surface area contributed by atoms with Gasteiger partial charge in [-0.2, -0.15) is 0 Å². The Hall–Kier alpha value is -1.28. The molecule has 72 valence electrons. The summed E-state index contributed by atoms with van der Waals surface area (Å²) in [5.41, 5.74) is 3.90. The monoisotopic (exact) mass is 188 g/mol. The molecule has 1 N–H and O–H groups in total. The van der Waals surface area contributed by atoms with Crippen LogP contribution in [0.2, 0.25) is 1.41 Å². The van der Waals surface area contributed by atoms with Gasteiger partial charge in [0.05, 0.1) is 0 Å². The number of hydrogen-bond acceptors (Lipinski definition) is 2. The van der Waals surface area contributed by atoms with Crippen LogP contribution in [0, 0.1) is 0 Å². The maximum absolute atomic E-state index is 7.62. The molecule has 2 heterocycles. The summed E-state index contributed by atoms with van der Waals surface area (Å²) in [7, 11) is 0. The fraction of sp³-hybridized carbons (Fsp3) is 0.333. The van der Waals surface area contributed by atoms with E-state index >= 15 is 0 Å². The van der Waals surface area contributed by atoms with Gasteiger partial charge in [-0.15, -0.1) is 0 Å². The molecule has 0 aliphatic carbocycles. The quantitative estimate of drug-likeness (QED) is 0.670. The number of para-hydroxylation sites is 1. The summed E-state index contributed by atoms with van der Waals surface area (Å²) in [5.74, 6) is 0.995. The number of fused-ring (bicyclic) bond motifs is 2. The van der Waals surface area contributed by atoms with E-state index in [1.807, 2.05) is 18.2 Å². The van der Waals surface area contributed by atoms with Crippen molar-refractivity contribution in [3.8, 4) is 5.75 Å². The highest BCUT2D eigenvalue weighted by atomic mass is 16.5. The van der Waals surface area contributed by atoms with E-state index in [2.05, 4.69) is 6.07 Å². The Labute approximate surface area is 85.0 Å². The van der Waals surface area contributed by atoms with E-state index in [9.17, 15) is 0 Å². The highest BCUT2D eigenvalue weighted by Crippen LogP contribution is 2.35. The Morgan fingerprint density at radius 2 is 2.29 bits per heavy atom. The minimum atomic E-state index is 0.654. The van der Waals surface area contributed by atoms with Crippen LogP contribution in [-0.2, 0) is 0 Å². The Kier molecular flexibility index (Phi) is 1.58. The highest BCUT2D eigenvalue weighted by Gasteiger charge is 2.21. The lowest BCUT2D eigenvalue weighted by molar-refractivity contribution is 0.338. The van der Waals surface area contributed by atoms with Crippen molar-refractivity contribution in [3.05, 3.63) is 35.4 Å². The molecule has 0 saturated carbocycles. The zero-order valence-corrected chi connectivity index (χ0v) is 7.99. The second-order valence-electron chi connectivity index (χ2n) is 3.72. The lowest BCUT2D eigenvalue weighted by atomic mass is 9.92. The summed E-state index contributed by atoms with van der Waals surface area (Å²) in [5, 5.41) is 1.61. The smallest absolute Gasteiger partial charge is 0.127 e. The van der Waals surface area contributed by atoms with Gasteiger partial charge in [0.1, 0.15) is 13.8 Å². The Morgan fingerprint density at radius 3 is 3.29 bits per heavy atom. The molecular formula is C12H13NO. The van der Waals surface area contributed by atoms with E-state index < -0.39 is 0 Å². The van der Waals surface area contributed by atoms with Crippen LogP contribution in [0.5, 0.6) is 5.75 Å². The molecule has 0 aromatic heterocycles. The topological polar surface area (TPSA) is 21.3 Å². The van der Waals surface area contributed by atoms with Gasteiger partial charge >= 0.3 is 0 Å². The van der Waals surface area contributed by atoms with Gasteiger partial charge in [0.25, 0.3) is 0 Å². The summed E-state index contributed by atoms with van der Waals surface area (Å²) in [6.07, 6.45) is 0.971. The number of rotatable bonds is 0. The maximum atomic E-state index is 7.62. The molecule has 0 unspecified atom stereocenters. The zero-order chi connectivity index (χ0) is 10.3. The average molecular weight is 188 g/mol. The molecule has 0 bridgehead atoms. The van der Waals surface area contributed by atoms with E-state index in [-0.39, 0.29) is 0 Å². The molecule has 2 nitrogen and oxygen atoms in total. The first-order valence-electron chi connectivity index (χ1n) is 5.46. The van der Waals surface area contributed by atoms with Crippen molar-refractivity contribution in [2.75, 3.05) is 19.7 Å². The van der Waals surface area contributed by atoms with Crippen molar-refractivity contribution < 1.29 is 6.15 Å². The molecule has 0 radical (unpaired) electrons. The second-order valence-corrected chi connectivity index (χ2v) is 3.72. The van der Waals surface area contributed by atoms with Gasteiger partial charge in [-0.25, -0.2) is 0 Å². The molecule has 0 fully saturated rings. The first-order valence-corrected chi connectivity index (χ1v) is 5.01. The van der Waals surface area contributed by atoms with Crippen molar-refractivity contribution >= 4 is 5.57 Å². The molecule has 2 aliphatic heterocycles. The lowest BCUT2D eigenvalue weighted by Crippen LogP contribution is -2.29. The molecule has 3 rings (SSSR count). The van der Waals surface area contributed by atoms with Crippen LogP contribution >= 0.6 is 0 Å². The fourth-order valence-corrected chi connectivity index (χ4v) is 2.14. The van der Waals surface area contributed by atoms with Crippen LogP contribution in [0.4, 0.5) is 0 Å². The molecular weight excluding hydrogens is 174 g/mol. The maximum Gasteiger partial charge on any atom is 0.127 e. The fourth-order valence-electron chi connectivity index (χ4n) is 2.14. The van der Waals surface area contributed by atoms with E-state index in [0.717, 1.165) is 25.3 Å². The van der Waals surface area contributed by atoms with Crippen molar-refractivity contribution in [2.24, 2.45) is 0 Å². The molecule has 0 amide bonds. The van der Waals surface area contributed by atoms with E-state index in [4.69, 9.17) is 6.15 Å². The van der Waals surface area contributed by atoms with E-state index in [0.29, 0.717) is 6.61 Å². The third-order valence-corrected chi connectivity index (χ3v) is 2.86. The van der Waals surface area contributed by atoms with Gasteiger partial charge in [0.2, 0.25) is 0 Å². The van der Waals surface area contributed by atoms with Gasteiger partial charge < -0.3 is 10.0 Å². The summed E-state index contributed by atoms with van der Waals surface area (Å²) in [4.78, 5) is 0. The summed E-state index contributed by atoms with van der Waals surface area (Å²) in [6.45, 7) is 2.21. The third kappa shape index (κ3) is 1.15. The first kappa shape index (κ1) is 7.07. The van der Waals surface area contributed by atoms with Crippen LogP contribution in [0.15, 0.2) is 29.8 Å². The molecule has 0 atom stereocenters. The number of hydrogen-bond donors (Lipinski definition) is 1. The summed E-state index contributed by atoms with van der Waals surface area (Å²) < 4.78 is 13.3. The lowest BCUT2D eigenvalue weighted by Gasteiger charge is -2.27. The van der Waals surface area contributed by atoms with Gasteiger partial charge in [-0.1, -0.05) is 18.2 Å². The van der Waals surface area contributed by atoms with Crippen molar-refractivity contribution in [1.82, 2.24) is 5.31 Å². The predicted molar refractivity (Wildman–Crippen MR) is 56.3 cm³/mol. The van der Waals surface area contributed by atoms with Crippen LogP contribution in [0.25, 0.3) is 5.57 Å². The molecule has 2 aliphatic rings.